The molecule has 0 amide bonds. The molecular formula is C19H14ClNaO3S. The molecule has 0 radical (unpaired) electrons. The summed E-state index contributed by atoms with van der Waals surface area (Å²) in [4.78, 5) is 11.8. The molecule has 0 N–H and O–H groups in total. The second-order valence-corrected chi connectivity index (χ2v) is 6.72. The number of carbonyl (C=O) groups excluding carboxylic acids is 1. The summed E-state index contributed by atoms with van der Waals surface area (Å²) in [6.07, 6.45) is 0.558. The van der Waals surface area contributed by atoms with Gasteiger partial charge in [0, 0.05) is 32.8 Å². The third-order valence-corrected chi connectivity index (χ3v) is 4.69. The van der Waals surface area contributed by atoms with Gasteiger partial charge in [-0.3, -0.25) is 0 Å². The minimum Gasteiger partial charge on any atom is -0.545 e. The van der Waals surface area contributed by atoms with Crippen LogP contribution in [-0.4, -0.2) is 5.97 Å². The Hall–Kier alpha value is -1.30. The van der Waals surface area contributed by atoms with Crippen molar-refractivity contribution in [3.63, 3.8) is 0 Å². The Bertz CT molecular complexity index is 849. The fraction of sp³-hybridized carbons (Fsp3) is 0.105. The van der Waals surface area contributed by atoms with E-state index in [4.69, 9.17) is 16.3 Å². The molecule has 0 bridgehead atoms. The van der Waals surface area contributed by atoms with E-state index >= 15 is 0 Å². The van der Waals surface area contributed by atoms with Crippen LogP contribution in [0.3, 0.4) is 0 Å². The van der Waals surface area contributed by atoms with Gasteiger partial charge in [-0.05, 0) is 29.8 Å². The summed E-state index contributed by atoms with van der Waals surface area (Å²) in [5, 5.41) is 13.1. The van der Waals surface area contributed by atoms with Crippen LogP contribution in [0, 0.1) is 0 Å². The van der Waals surface area contributed by atoms with Crippen LogP contribution in [0.1, 0.15) is 26.4 Å². The van der Waals surface area contributed by atoms with E-state index in [2.05, 4.69) is 0 Å². The van der Waals surface area contributed by atoms with Crippen LogP contribution in [0.15, 0.2) is 60.0 Å². The number of hydrogen-bond donors (Lipinski definition) is 0. The normalized spacial score (nSPS) is 10.1. The second kappa shape index (κ2) is 9.41. The van der Waals surface area contributed by atoms with Gasteiger partial charge in [-0.25, -0.2) is 0 Å². The second-order valence-electron chi connectivity index (χ2n) is 5.29. The van der Waals surface area contributed by atoms with Gasteiger partial charge in [0.25, 0.3) is 0 Å². The number of ether oxygens (including phenoxy) is 1. The van der Waals surface area contributed by atoms with Crippen molar-refractivity contribution in [2.75, 3.05) is 0 Å². The van der Waals surface area contributed by atoms with Gasteiger partial charge in [0.15, 0.2) is 0 Å². The van der Waals surface area contributed by atoms with Gasteiger partial charge < -0.3 is 14.6 Å². The fourth-order valence-corrected chi connectivity index (χ4v) is 3.40. The Morgan fingerprint density at radius 3 is 2.56 bits per heavy atom. The minimum absolute atomic E-state index is 0. The molecule has 1 aromatic heterocycles. The first kappa shape index (κ1) is 20.0. The molecule has 2 aromatic carbocycles. The van der Waals surface area contributed by atoms with E-state index in [1.807, 2.05) is 42.5 Å². The summed E-state index contributed by atoms with van der Waals surface area (Å²) < 4.78 is 5.92. The van der Waals surface area contributed by atoms with Gasteiger partial charge in [0.1, 0.15) is 12.4 Å². The largest absolute Gasteiger partial charge is 1.00 e. The Morgan fingerprint density at radius 2 is 1.88 bits per heavy atom. The van der Waals surface area contributed by atoms with E-state index in [1.165, 1.54) is 11.3 Å². The number of carbonyl (C=O) groups is 1. The van der Waals surface area contributed by atoms with Crippen LogP contribution in [0.2, 0.25) is 5.02 Å². The van der Waals surface area contributed by atoms with Crippen LogP contribution in [-0.2, 0) is 13.0 Å². The third-order valence-electron chi connectivity index (χ3n) is 3.51. The Morgan fingerprint density at radius 1 is 1.12 bits per heavy atom. The third kappa shape index (κ3) is 5.59. The maximum absolute atomic E-state index is 10.9. The Kier molecular flexibility index (Phi) is 7.54. The molecule has 6 heteroatoms. The maximum atomic E-state index is 10.9. The summed E-state index contributed by atoms with van der Waals surface area (Å²) in [5.41, 5.74) is 2.20. The van der Waals surface area contributed by atoms with E-state index in [9.17, 15) is 9.90 Å². The van der Waals surface area contributed by atoms with Crippen LogP contribution < -0.4 is 39.4 Å². The molecule has 0 atom stereocenters. The zero-order valence-corrected chi connectivity index (χ0v) is 17.3. The van der Waals surface area contributed by atoms with Gasteiger partial charge in [0.2, 0.25) is 0 Å². The molecule has 0 saturated heterocycles. The summed E-state index contributed by atoms with van der Waals surface area (Å²) in [6.45, 7) is 0.463. The van der Waals surface area contributed by atoms with Crippen LogP contribution in [0.4, 0.5) is 0 Å². The zero-order chi connectivity index (χ0) is 16.9. The topological polar surface area (TPSA) is 49.4 Å². The molecule has 0 fully saturated rings. The quantitative estimate of drug-likeness (QED) is 0.598. The van der Waals surface area contributed by atoms with Crippen molar-refractivity contribution in [3.8, 4) is 5.75 Å². The monoisotopic (exact) mass is 380 g/mol. The van der Waals surface area contributed by atoms with Gasteiger partial charge >= 0.3 is 29.6 Å². The number of hydrogen-bond acceptors (Lipinski definition) is 4. The number of benzene rings is 2. The molecule has 25 heavy (non-hydrogen) atoms. The standard InChI is InChI=1S/C19H15ClO3S.Na/c20-16-6-7-18(23-11-13-4-2-1-3-5-13)14(8-16)9-17-10-15(12-24-17)19(21)22;/h1-8,10,12H,9,11H2,(H,21,22);/q;+1/p-1. The molecular weight excluding hydrogens is 367 g/mol. The number of rotatable bonds is 6. The molecule has 0 saturated carbocycles. The summed E-state index contributed by atoms with van der Waals surface area (Å²) in [6, 6.07) is 17.0. The molecule has 3 nitrogen and oxygen atoms in total. The van der Waals surface area contributed by atoms with Crippen molar-refractivity contribution < 1.29 is 44.2 Å². The Balaban J connectivity index is 0.00000225. The average Bonchev–Trinajstić information content (AvgIpc) is 3.04. The molecule has 0 spiro atoms. The Labute approximate surface area is 177 Å². The first-order chi connectivity index (χ1) is 11.6. The van der Waals surface area contributed by atoms with E-state index in [-0.39, 0.29) is 35.1 Å². The van der Waals surface area contributed by atoms with E-state index in [1.54, 1.807) is 17.5 Å². The van der Waals surface area contributed by atoms with Crippen molar-refractivity contribution in [2.45, 2.75) is 13.0 Å². The zero-order valence-electron chi connectivity index (χ0n) is 13.7. The summed E-state index contributed by atoms with van der Waals surface area (Å²) in [5.74, 6) is -0.421. The number of carboxylic acids is 1. The molecule has 0 aliphatic heterocycles. The average molecular weight is 381 g/mol. The number of aromatic carboxylic acids is 1. The van der Waals surface area contributed by atoms with E-state index in [0.717, 1.165) is 21.8 Å². The van der Waals surface area contributed by atoms with Crippen LogP contribution >= 0.6 is 22.9 Å². The van der Waals surface area contributed by atoms with Crippen molar-refractivity contribution in [1.29, 1.82) is 0 Å². The van der Waals surface area contributed by atoms with Gasteiger partial charge in [0.05, 0.1) is 5.97 Å². The molecule has 0 unspecified atom stereocenters. The molecule has 3 rings (SSSR count). The van der Waals surface area contributed by atoms with Gasteiger partial charge in [-0.2, -0.15) is 0 Å². The molecule has 1 heterocycles. The molecule has 3 aromatic rings. The maximum Gasteiger partial charge on any atom is 1.00 e. The van der Waals surface area contributed by atoms with Gasteiger partial charge in [-0.1, -0.05) is 41.9 Å². The predicted octanol–water partition coefficient (Wildman–Crippen LogP) is 0.939. The van der Waals surface area contributed by atoms with E-state index in [0.29, 0.717) is 18.1 Å². The predicted molar refractivity (Wildman–Crippen MR) is 93.7 cm³/mol. The smallest absolute Gasteiger partial charge is 0.545 e. The van der Waals surface area contributed by atoms with Crippen LogP contribution in [0.5, 0.6) is 5.75 Å². The fourth-order valence-electron chi connectivity index (χ4n) is 2.33. The van der Waals surface area contributed by atoms with Crippen molar-refractivity contribution >= 4 is 28.9 Å². The van der Waals surface area contributed by atoms with Crippen LogP contribution in [0.25, 0.3) is 0 Å². The number of thiophene rings is 1. The molecule has 122 valence electrons. The molecule has 0 aliphatic rings. The first-order valence-electron chi connectivity index (χ1n) is 7.36. The van der Waals surface area contributed by atoms with Crippen molar-refractivity contribution in [1.82, 2.24) is 0 Å². The van der Waals surface area contributed by atoms with E-state index < -0.39 is 5.97 Å². The van der Waals surface area contributed by atoms with Crippen molar-refractivity contribution in [2.24, 2.45) is 0 Å². The van der Waals surface area contributed by atoms with Gasteiger partial charge in [-0.15, -0.1) is 11.3 Å². The SMILES string of the molecule is O=C([O-])c1csc(Cc2cc(Cl)ccc2OCc2ccccc2)c1.[Na+]. The summed E-state index contributed by atoms with van der Waals surface area (Å²) in [7, 11) is 0. The molecule has 0 aliphatic carbocycles. The summed E-state index contributed by atoms with van der Waals surface area (Å²) >= 11 is 7.48. The van der Waals surface area contributed by atoms with Crippen molar-refractivity contribution in [3.05, 3.63) is 86.6 Å². The number of halogens is 1. The minimum atomic E-state index is -1.16. The first-order valence-corrected chi connectivity index (χ1v) is 8.61. The number of carboxylic acid groups (broad SMARTS) is 1.